The van der Waals surface area contributed by atoms with E-state index in [-0.39, 0.29) is 28.9 Å². The Balaban J connectivity index is 1.78. The summed E-state index contributed by atoms with van der Waals surface area (Å²) in [4.78, 5) is 33.1. The monoisotopic (exact) mass is 586 g/mol. The molecule has 0 spiro atoms. The third-order valence-corrected chi connectivity index (χ3v) is 5.73. The molecule has 0 radical (unpaired) electrons. The van der Waals surface area contributed by atoms with Crippen LogP contribution >= 0.6 is 27.5 Å². The zero-order chi connectivity index (χ0) is 26.2. The average molecular weight is 588 g/mol. The number of carbonyl (C=O) groups is 1. The zero-order valence-electron chi connectivity index (χ0n) is 17.9. The Hall–Kier alpha value is -3.56. The molecule has 16 heteroatoms. The van der Waals surface area contributed by atoms with Gasteiger partial charge in [0.1, 0.15) is 6.54 Å². The van der Waals surface area contributed by atoms with Crippen molar-refractivity contribution in [2.45, 2.75) is 25.4 Å². The van der Waals surface area contributed by atoms with Crippen LogP contribution in [0.15, 0.2) is 51.9 Å². The highest BCUT2D eigenvalue weighted by atomic mass is 79.9. The summed E-state index contributed by atoms with van der Waals surface area (Å²) in [5.41, 5.74) is 4.72. The smallest absolute Gasteiger partial charge is 0.382 e. The number of halogens is 5. The topological polar surface area (TPSA) is 147 Å². The first-order valence-electron chi connectivity index (χ1n) is 10.0. The average Bonchev–Trinajstić information content (AvgIpc) is 3.36. The van der Waals surface area contributed by atoms with Gasteiger partial charge in [-0.3, -0.25) is 9.36 Å². The van der Waals surface area contributed by atoms with Crippen molar-refractivity contribution in [3.63, 3.8) is 0 Å². The minimum Gasteiger partial charge on any atom is -0.382 e. The van der Waals surface area contributed by atoms with Gasteiger partial charge in [-0.15, -0.1) is 10.2 Å². The highest BCUT2D eigenvalue weighted by molar-refractivity contribution is 9.10. The number of benzene rings is 1. The molecule has 0 saturated carbocycles. The zero-order valence-corrected chi connectivity index (χ0v) is 20.2. The lowest BCUT2D eigenvalue weighted by molar-refractivity contribution is -0.207. The van der Waals surface area contributed by atoms with Crippen LogP contribution in [0.3, 0.4) is 0 Å². The first-order chi connectivity index (χ1) is 17.0. The Labute approximate surface area is 213 Å². The van der Waals surface area contributed by atoms with E-state index in [1.54, 1.807) is 12.1 Å². The van der Waals surface area contributed by atoms with Crippen molar-refractivity contribution >= 4 is 33.4 Å². The van der Waals surface area contributed by atoms with Gasteiger partial charge in [0.05, 0.1) is 11.0 Å². The molecule has 0 saturated heterocycles. The molecule has 3 N–H and O–H groups in total. The molecule has 3 heterocycles. The Kier molecular flexibility index (Phi) is 6.97. The maximum Gasteiger partial charge on any atom is 0.416 e. The maximum absolute atomic E-state index is 13.0. The molecule has 4 aromatic rings. The molecule has 3 aromatic heterocycles. The SMILES string of the molecule is NC(=O)c1nc(Cn2nc(-c3ccc(Cl)cc3)n(CC(O)C(F)(F)F)c2=O)nn1-c1ncccc1Br. The lowest BCUT2D eigenvalue weighted by atomic mass is 10.2. The second-order valence-corrected chi connectivity index (χ2v) is 8.67. The predicted molar refractivity (Wildman–Crippen MR) is 123 cm³/mol. The number of carbonyl (C=O) groups excluding carboxylic acids is 1. The molecule has 0 fully saturated rings. The number of nitrogens with two attached hydrogens (primary N) is 1. The number of pyridine rings is 1. The summed E-state index contributed by atoms with van der Waals surface area (Å²) in [5.74, 6) is -1.27. The van der Waals surface area contributed by atoms with Crippen LogP contribution in [0.4, 0.5) is 13.2 Å². The summed E-state index contributed by atoms with van der Waals surface area (Å²) < 4.78 is 42.1. The van der Waals surface area contributed by atoms with Crippen molar-refractivity contribution < 1.29 is 23.1 Å². The van der Waals surface area contributed by atoms with Crippen molar-refractivity contribution in [1.82, 2.24) is 34.1 Å². The fraction of sp³-hybridized carbons (Fsp3) is 0.200. The first-order valence-corrected chi connectivity index (χ1v) is 11.2. The molecule has 0 aliphatic rings. The molecule has 11 nitrogen and oxygen atoms in total. The Morgan fingerprint density at radius 3 is 2.50 bits per heavy atom. The molecule has 0 aliphatic carbocycles. The van der Waals surface area contributed by atoms with E-state index in [1.807, 2.05) is 0 Å². The number of amides is 1. The number of alkyl halides is 3. The number of aliphatic hydroxyl groups excluding tert-OH is 1. The molecule has 1 amide bonds. The fourth-order valence-corrected chi connectivity index (χ4v) is 3.74. The van der Waals surface area contributed by atoms with Gasteiger partial charge in [0.25, 0.3) is 5.91 Å². The Morgan fingerprint density at radius 1 is 1.19 bits per heavy atom. The van der Waals surface area contributed by atoms with Crippen LogP contribution < -0.4 is 11.4 Å². The normalized spacial score (nSPS) is 12.6. The van der Waals surface area contributed by atoms with Crippen molar-refractivity contribution in [2.24, 2.45) is 5.73 Å². The molecule has 36 heavy (non-hydrogen) atoms. The fourth-order valence-electron chi connectivity index (χ4n) is 3.19. The van der Waals surface area contributed by atoms with Crippen molar-refractivity contribution in [1.29, 1.82) is 0 Å². The highest BCUT2D eigenvalue weighted by Crippen LogP contribution is 2.24. The van der Waals surface area contributed by atoms with Gasteiger partial charge in [0, 0.05) is 16.8 Å². The number of aromatic nitrogens is 7. The minimum atomic E-state index is -4.97. The van der Waals surface area contributed by atoms with Crippen LogP contribution in [0, 0.1) is 0 Å². The van der Waals surface area contributed by atoms with E-state index in [2.05, 4.69) is 36.1 Å². The summed E-state index contributed by atoms with van der Waals surface area (Å²) >= 11 is 9.17. The van der Waals surface area contributed by atoms with E-state index in [1.165, 1.54) is 30.5 Å². The van der Waals surface area contributed by atoms with E-state index in [0.29, 0.717) is 14.1 Å². The summed E-state index contributed by atoms with van der Waals surface area (Å²) in [5, 5.41) is 18.3. The van der Waals surface area contributed by atoms with E-state index in [4.69, 9.17) is 17.3 Å². The van der Waals surface area contributed by atoms with Gasteiger partial charge in [0.2, 0.25) is 5.82 Å². The molecule has 1 unspecified atom stereocenters. The van der Waals surface area contributed by atoms with Crippen LogP contribution in [-0.4, -0.2) is 57.4 Å². The standard InChI is InChI=1S/C20H15BrClF3N8O3/c21-12-2-1-7-27-17(12)33-18(15(26)35)28-14(29-33)9-32-19(36)31(8-13(34)20(23,24)25)16(30-32)10-3-5-11(22)6-4-10/h1-7,13,34H,8-9H2,(H2,26,35). The molecule has 4 rings (SSSR count). The van der Waals surface area contributed by atoms with Crippen molar-refractivity contribution in [3.8, 4) is 17.2 Å². The third-order valence-electron chi connectivity index (χ3n) is 4.86. The molecule has 1 aromatic carbocycles. The van der Waals surface area contributed by atoms with Gasteiger partial charge in [0.15, 0.2) is 23.6 Å². The quantitative estimate of drug-likeness (QED) is 0.337. The summed E-state index contributed by atoms with van der Waals surface area (Å²) in [6.07, 6.45) is -6.34. The van der Waals surface area contributed by atoms with Gasteiger partial charge in [-0.25, -0.2) is 19.4 Å². The van der Waals surface area contributed by atoms with Gasteiger partial charge < -0.3 is 10.8 Å². The molecule has 0 aliphatic heterocycles. The number of rotatable bonds is 7. The Morgan fingerprint density at radius 2 is 1.89 bits per heavy atom. The van der Waals surface area contributed by atoms with E-state index in [9.17, 15) is 27.9 Å². The number of hydrogen-bond acceptors (Lipinski definition) is 7. The minimum absolute atomic E-state index is 0.0906. The van der Waals surface area contributed by atoms with Gasteiger partial charge in [-0.2, -0.15) is 17.9 Å². The third kappa shape index (κ3) is 5.17. The maximum atomic E-state index is 13.0. The second kappa shape index (κ2) is 9.83. The van der Waals surface area contributed by atoms with E-state index < -0.39 is 37.0 Å². The second-order valence-electron chi connectivity index (χ2n) is 7.38. The number of aliphatic hydroxyl groups is 1. The van der Waals surface area contributed by atoms with Crippen LogP contribution in [0.5, 0.6) is 0 Å². The number of hydrogen-bond donors (Lipinski definition) is 2. The van der Waals surface area contributed by atoms with Crippen LogP contribution in [0.2, 0.25) is 5.02 Å². The largest absolute Gasteiger partial charge is 0.416 e. The lowest BCUT2D eigenvalue weighted by Crippen LogP contribution is -2.37. The molecule has 0 bridgehead atoms. The van der Waals surface area contributed by atoms with Crippen LogP contribution in [-0.2, 0) is 13.1 Å². The molecule has 1 atom stereocenters. The molecular weight excluding hydrogens is 573 g/mol. The summed E-state index contributed by atoms with van der Waals surface area (Å²) in [6.45, 7) is -1.53. The van der Waals surface area contributed by atoms with Crippen LogP contribution in [0.25, 0.3) is 17.2 Å². The summed E-state index contributed by atoms with van der Waals surface area (Å²) in [7, 11) is 0. The first kappa shape index (κ1) is 25.5. The Bertz CT molecular complexity index is 1480. The predicted octanol–water partition coefficient (Wildman–Crippen LogP) is 2.17. The summed E-state index contributed by atoms with van der Waals surface area (Å²) in [6, 6.07) is 9.14. The number of nitrogens with zero attached hydrogens (tertiary/aromatic N) is 7. The number of primary amides is 1. The highest BCUT2D eigenvalue weighted by Gasteiger charge is 2.39. The van der Waals surface area contributed by atoms with Gasteiger partial charge in [-0.05, 0) is 52.3 Å². The van der Waals surface area contributed by atoms with E-state index >= 15 is 0 Å². The van der Waals surface area contributed by atoms with Gasteiger partial charge in [-0.1, -0.05) is 11.6 Å². The van der Waals surface area contributed by atoms with Crippen molar-refractivity contribution in [2.75, 3.05) is 0 Å². The van der Waals surface area contributed by atoms with Crippen LogP contribution in [0.1, 0.15) is 16.4 Å². The molecule has 188 valence electrons. The van der Waals surface area contributed by atoms with Crippen molar-refractivity contribution in [3.05, 3.63) is 74.2 Å². The lowest BCUT2D eigenvalue weighted by Gasteiger charge is -2.15. The van der Waals surface area contributed by atoms with Gasteiger partial charge >= 0.3 is 11.9 Å². The van der Waals surface area contributed by atoms with E-state index in [0.717, 1.165) is 9.36 Å². The molecular formula is C20H15BrClF3N8O3.